The van der Waals surface area contributed by atoms with Crippen molar-refractivity contribution in [1.82, 2.24) is 14.8 Å². The van der Waals surface area contributed by atoms with Crippen molar-refractivity contribution in [3.05, 3.63) is 65.1 Å². The lowest BCUT2D eigenvalue weighted by Gasteiger charge is -2.39. The molecule has 238 valence electrons. The molecular formula is C32H37F4N3O4S. The zero-order valence-electron chi connectivity index (χ0n) is 24.7. The van der Waals surface area contributed by atoms with Crippen LogP contribution in [0.1, 0.15) is 43.0 Å². The van der Waals surface area contributed by atoms with Gasteiger partial charge in [-0.2, -0.15) is 0 Å². The number of carboxylic acids is 1. The SMILES string of the molecule is COc1ccc2ncc(CN3CCOCC3)c([C@@H](F)CCC3(C(=O)O)CCN(CCSc4cc(F)cc(F)c4F)CC3)c2c1. The Hall–Kier alpha value is -2.93. The number of nitrogens with zero attached hydrogens (tertiary/aromatic N) is 3. The van der Waals surface area contributed by atoms with Gasteiger partial charge in [0, 0.05) is 60.0 Å². The zero-order valence-corrected chi connectivity index (χ0v) is 25.5. The predicted molar refractivity (Wildman–Crippen MR) is 160 cm³/mol. The number of piperidine rings is 1. The van der Waals surface area contributed by atoms with Crippen molar-refractivity contribution in [2.24, 2.45) is 5.41 Å². The van der Waals surface area contributed by atoms with E-state index in [-0.39, 0.29) is 17.7 Å². The molecule has 2 fully saturated rings. The van der Waals surface area contributed by atoms with Crippen LogP contribution in [-0.2, 0) is 16.1 Å². The van der Waals surface area contributed by atoms with Gasteiger partial charge in [-0.25, -0.2) is 17.6 Å². The van der Waals surface area contributed by atoms with Crippen LogP contribution in [0.4, 0.5) is 17.6 Å². The highest BCUT2D eigenvalue weighted by molar-refractivity contribution is 7.99. The average Bonchev–Trinajstić information content (AvgIpc) is 3.02. The number of methoxy groups -OCH3 is 1. The maximum Gasteiger partial charge on any atom is 0.309 e. The number of carboxylic acid groups (broad SMARTS) is 1. The summed E-state index contributed by atoms with van der Waals surface area (Å²) in [5.41, 5.74) is 0.869. The van der Waals surface area contributed by atoms with Crippen molar-refractivity contribution in [2.75, 3.05) is 58.8 Å². The molecule has 5 rings (SSSR count). The quantitative estimate of drug-likeness (QED) is 0.142. The molecule has 7 nitrogen and oxygen atoms in total. The van der Waals surface area contributed by atoms with E-state index in [0.717, 1.165) is 36.5 Å². The number of thioether (sulfide) groups is 1. The summed E-state index contributed by atoms with van der Waals surface area (Å²) in [5.74, 6) is -3.10. The monoisotopic (exact) mass is 635 g/mol. The van der Waals surface area contributed by atoms with Crippen LogP contribution in [0.2, 0.25) is 0 Å². The van der Waals surface area contributed by atoms with Crippen molar-refractivity contribution < 1.29 is 36.9 Å². The first-order chi connectivity index (χ1) is 21.2. The third kappa shape index (κ3) is 7.47. The van der Waals surface area contributed by atoms with E-state index in [1.54, 1.807) is 31.5 Å². The first kappa shape index (κ1) is 32.5. The normalized spacial score (nSPS) is 18.4. The Labute approximate surface area is 258 Å². The molecule has 2 aliphatic rings. The number of rotatable bonds is 12. The van der Waals surface area contributed by atoms with Crippen molar-refractivity contribution in [3.63, 3.8) is 0 Å². The average molecular weight is 636 g/mol. The molecule has 44 heavy (non-hydrogen) atoms. The molecule has 2 aromatic carbocycles. The molecular weight excluding hydrogens is 598 g/mol. The number of hydrogen-bond acceptors (Lipinski definition) is 7. The van der Waals surface area contributed by atoms with Gasteiger partial charge in [0.05, 0.1) is 31.3 Å². The van der Waals surface area contributed by atoms with Gasteiger partial charge >= 0.3 is 5.97 Å². The number of halogens is 4. The minimum absolute atomic E-state index is 0.0407. The van der Waals surface area contributed by atoms with Gasteiger partial charge < -0.3 is 19.5 Å². The molecule has 0 spiro atoms. The molecule has 0 saturated carbocycles. The molecule has 1 atom stereocenters. The highest BCUT2D eigenvalue weighted by Gasteiger charge is 2.42. The van der Waals surface area contributed by atoms with Crippen LogP contribution in [0, 0.1) is 22.9 Å². The van der Waals surface area contributed by atoms with Gasteiger partial charge in [0.25, 0.3) is 0 Å². The minimum atomic E-state index is -1.41. The lowest BCUT2D eigenvalue weighted by Crippen LogP contribution is -2.45. The lowest BCUT2D eigenvalue weighted by atomic mass is 9.74. The van der Waals surface area contributed by atoms with Crippen LogP contribution in [0.15, 0.2) is 41.4 Å². The fourth-order valence-corrected chi connectivity index (χ4v) is 7.09. The number of pyridine rings is 1. The predicted octanol–water partition coefficient (Wildman–Crippen LogP) is 6.24. The Kier molecular flexibility index (Phi) is 10.7. The lowest BCUT2D eigenvalue weighted by molar-refractivity contribution is -0.153. The Morgan fingerprint density at radius 1 is 1.11 bits per heavy atom. The van der Waals surface area contributed by atoms with E-state index in [0.29, 0.717) is 86.3 Å². The highest BCUT2D eigenvalue weighted by Crippen LogP contribution is 2.42. The van der Waals surface area contributed by atoms with Crippen LogP contribution in [0.3, 0.4) is 0 Å². The summed E-state index contributed by atoms with van der Waals surface area (Å²) in [6, 6.07) is 6.86. The third-order valence-electron chi connectivity index (χ3n) is 8.78. The van der Waals surface area contributed by atoms with E-state index < -0.39 is 35.0 Å². The van der Waals surface area contributed by atoms with Crippen molar-refractivity contribution in [3.8, 4) is 5.75 Å². The number of benzene rings is 2. The number of alkyl halides is 1. The Balaban J connectivity index is 1.25. The molecule has 2 saturated heterocycles. The number of likely N-dealkylation sites (tertiary alicyclic amines) is 1. The van der Waals surface area contributed by atoms with Crippen LogP contribution < -0.4 is 4.74 Å². The Morgan fingerprint density at radius 2 is 1.86 bits per heavy atom. The number of hydrogen-bond donors (Lipinski definition) is 1. The van der Waals surface area contributed by atoms with E-state index in [1.807, 2.05) is 0 Å². The van der Waals surface area contributed by atoms with Gasteiger partial charge in [-0.15, -0.1) is 11.8 Å². The molecule has 0 radical (unpaired) electrons. The number of morpholine rings is 1. The van der Waals surface area contributed by atoms with E-state index in [1.165, 1.54) is 0 Å². The molecule has 2 aliphatic heterocycles. The second kappa shape index (κ2) is 14.4. The fraction of sp³-hybridized carbons (Fsp3) is 0.500. The molecule has 0 aliphatic carbocycles. The largest absolute Gasteiger partial charge is 0.497 e. The number of aromatic nitrogens is 1. The van der Waals surface area contributed by atoms with Crippen LogP contribution in [0.25, 0.3) is 10.9 Å². The van der Waals surface area contributed by atoms with Crippen molar-refractivity contribution >= 4 is 28.6 Å². The summed E-state index contributed by atoms with van der Waals surface area (Å²) in [6.07, 6.45) is 1.21. The molecule has 0 bridgehead atoms. The number of fused-ring (bicyclic) bond motifs is 1. The Morgan fingerprint density at radius 3 is 2.57 bits per heavy atom. The fourth-order valence-electron chi connectivity index (χ4n) is 6.10. The van der Waals surface area contributed by atoms with Gasteiger partial charge in [-0.05, 0) is 68.6 Å². The van der Waals surface area contributed by atoms with E-state index in [4.69, 9.17) is 9.47 Å². The zero-order chi connectivity index (χ0) is 31.3. The standard InChI is InChI=1S/C32H37F4N3O4S/c1-42-23-2-3-27-24(18-23)29(21(19-37-27)20-39-10-13-43-14-11-39)25(34)4-5-32(31(40)41)6-8-38(9-7-32)12-15-44-28-17-22(33)16-26(35)30(28)36/h2-3,16-19,25H,4-15,20H2,1H3,(H,40,41)/t25-/m0/s1. The maximum atomic E-state index is 16.4. The van der Waals surface area contributed by atoms with Gasteiger partial charge in [-0.1, -0.05) is 0 Å². The number of carbonyl (C=O) groups is 1. The van der Waals surface area contributed by atoms with Crippen molar-refractivity contribution in [1.29, 1.82) is 0 Å². The molecule has 1 N–H and O–H groups in total. The van der Waals surface area contributed by atoms with Gasteiger partial charge in [0.1, 0.15) is 17.7 Å². The van der Waals surface area contributed by atoms with Crippen LogP contribution >= 0.6 is 11.8 Å². The Bertz CT molecular complexity index is 1470. The molecule has 3 heterocycles. The third-order valence-corrected chi connectivity index (χ3v) is 9.77. The van der Waals surface area contributed by atoms with Crippen molar-refractivity contribution in [2.45, 2.75) is 43.3 Å². The van der Waals surface area contributed by atoms with Gasteiger partial charge in [-0.3, -0.25) is 14.7 Å². The summed E-state index contributed by atoms with van der Waals surface area (Å²) < 4.78 is 68.3. The van der Waals surface area contributed by atoms with E-state index >= 15 is 4.39 Å². The number of ether oxygens (including phenoxy) is 2. The van der Waals surface area contributed by atoms with E-state index in [2.05, 4.69) is 14.8 Å². The maximum absolute atomic E-state index is 16.4. The topological polar surface area (TPSA) is 75.1 Å². The molecule has 0 amide bonds. The van der Waals surface area contributed by atoms with Gasteiger partial charge in [0.15, 0.2) is 11.6 Å². The summed E-state index contributed by atoms with van der Waals surface area (Å²) in [4.78, 5) is 21.3. The molecule has 12 heteroatoms. The van der Waals surface area contributed by atoms with E-state index in [9.17, 15) is 23.1 Å². The minimum Gasteiger partial charge on any atom is -0.497 e. The summed E-state index contributed by atoms with van der Waals surface area (Å²) in [5, 5.41) is 10.9. The molecule has 3 aromatic rings. The first-order valence-corrected chi connectivity index (χ1v) is 15.8. The number of aliphatic carboxylic acids is 1. The molecule has 1 aromatic heterocycles. The smallest absolute Gasteiger partial charge is 0.309 e. The summed E-state index contributed by atoms with van der Waals surface area (Å²) >= 11 is 1.02. The second-order valence-corrected chi connectivity index (χ2v) is 12.6. The summed E-state index contributed by atoms with van der Waals surface area (Å²) in [7, 11) is 1.56. The van der Waals surface area contributed by atoms with Gasteiger partial charge in [0.2, 0.25) is 0 Å². The van der Waals surface area contributed by atoms with Crippen LogP contribution in [-0.4, -0.2) is 84.7 Å². The first-order valence-electron chi connectivity index (χ1n) is 14.8. The summed E-state index contributed by atoms with van der Waals surface area (Å²) in [6.45, 7) is 4.65. The highest BCUT2D eigenvalue weighted by atomic mass is 32.2. The molecule has 0 unspecified atom stereocenters. The second-order valence-electron chi connectivity index (χ2n) is 11.5. The van der Waals surface area contributed by atoms with Crippen LogP contribution in [0.5, 0.6) is 5.75 Å².